The van der Waals surface area contributed by atoms with Crippen molar-refractivity contribution in [1.29, 1.82) is 0 Å². The Hall–Kier alpha value is -3.33. The first-order valence-corrected chi connectivity index (χ1v) is 11.9. The van der Waals surface area contributed by atoms with Gasteiger partial charge in [-0.05, 0) is 44.2 Å². The van der Waals surface area contributed by atoms with Crippen molar-refractivity contribution >= 4 is 45.2 Å². The molecule has 1 aromatic carbocycles. The van der Waals surface area contributed by atoms with Gasteiger partial charge >= 0.3 is 11.9 Å². The minimum absolute atomic E-state index is 0.0371. The van der Waals surface area contributed by atoms with Crippen LogP contribution in [0.4, 0.5) is 5.13 Å². The van der Waals surface area contributed by atoms with E-state index in [0.717, 1.165) is 54.3 Å². The molecule has 0 radical (unpaired) electrons. The summed E-state index contributed by atoms with van der Waals surface area (Å²) in [7, 11) is 0. The number of hydrogen-bond acceptors (Lipinski definition) is 8. The van der Waals surface area contributed by atoms with Gasteiger partial charge in [-0.1, -0.05) is 24.6 Å². The number of pyridine rings is 1. The second-order valence-electron chi connectivity index (χ2n) is 7.74. The molecule has 9 heteroatoms. The molecule has 4 rings (SSSR count). The first-order chi connectivity index (χ1) is 16.0. The molecular formula is C24H25N3O5S. The fraction of sp³-hybridized carbons (Fsp3) is 0.375. The number of ether oxygens (including phenoxy) is 2. The van der Waals surface area contributed by atoms with Crippen molar-refractivity contribution in [3.63, 3.8) is 0 Å². The fourth-order valence-corrected chi connectivity index (χ4v) is 4.67. The van der Waals surface area contributed by atoms with E-state index in [1.165, 1.54) is 11.3 Å². The van der Waals surface area contributed by atoms with Gasteiger partial charge in [-0.25, -0.2) is 9.78 Å². The van der Waals surface area contributed by atoms with Gasteiger partial charge in [-0.3, -0.25) is 19.9 Å². The predicted molar refractivity (Wildman–Crippen MR) is 124 cm³/mol. The van der Waals surface area contributed by atoms with Crippen LogP contribution in [0, 0.1) is 0 Å². The summed E-state index contributed by atoms with van der Waals surface area (Å²) in [6.07, 6.45) is 4.77. The predicted octanol–water partition coefficient (Wildman–Crippen LogP) is 3.86. The number of amides is 1. The Bertz CT molecular complexity index is 1190. The van der Waals surface area contributed by atoms with E-state index in [-0.39, 0.29) is 12.4 Å². The highest BCUT2D eigenvalue weighted by Gasteiger charge is 2.23. The molecule has 1 amide bonds. The summed E-state index contributed by atoms with van der Waals surface area (Å²) < 4.78 is 10.3. The van der Waals surface area contributed by atoms with Gasteiger partial charge in [0.05, 0.1) is 29.8 Å². The topological polar surface area (TPSA) is 107 Å². The number of aromatic nitrogens is 2. The van der Waals surface area contributed by atoms with Crippen LogP contribution in [0.15, 0.2) is 29.6 Å². The zero-order chi connectivity index (χ0) is 23.2. The molecule has 0 unspecified atom stereocenters. The van der Waals surface area contributed by atoms with E-state index in [0.29, 0.717) is 23.0 Å². The Morgan fingerprint density at radius 1 is 1.06 bits per heavy atom. The van der Waals surface area contributed by atoms with Gasteiger partial charge in [0.2, 0.25) is 0 Å². The Kier molecular flexibility index (Phi) is 7.29. The van der Waals surface area contributed by atoms with Crippen LogP contribution >= 0.6 is 11.3 Å². The van der Waals surface area contributed by atoms with Gasteiger partial charge in [-0.2, -0.15) is 0 Å². The highest BCUT2D eigenvalue weighted by Crippen LogP contribution is 2.29. The monoisotopic (exact) mass is 467 g/mol. The number of para-hydroxylation sites is 1. The lowest BCUT2D eigenvalue weighted by atomic mass is 9.97. The first kappa shape index (κ1) is 22.8. The zero-order valence-electron chi connectivity index (χ0n) is 18.4. The van der Waals surface area contributed by atoms with E-state index in [1.54, 1.807) is 12.3 Å². The van der Waals surface area contributed by atoms with Crippen molar-refractivity contribution in [2.24, 2.45) is 0 Å². The van der Waals surface area contributed by atoms with E-state index < -0.39 is 18.5 Å². The number of benzene rings is 1. The molecule has 0 bridgehead atoms. The van der Waals surface area contributed by atoms with Crippen LogP contribution in [0.3, 0.4) is 0 Å². The highest BCUT2D eigenvalue weighted by molar-refractivity contribution is 7.13. The SMILES string of the molecule is CCOC(=O)Cc1csc(NC(=O)COC(=O)c2c3c(nc4ccccc24)CCCCC3)n1. The maximum Gasteiger partial charge on any atom is 0.339 e. The average Bonchev–Trinajstić information content (AvgIpc) is 3.09. The Morgan fingerprint density at radius 3 is 2.73 bits per heavy atom. The Labute approximate surface area is 195 Å². The molecule has 172 valence electrons. The number of esters is 2. The minimum atomic E-state index is -0.524. The standard InChI is InChI=1S/C24H25N3O5S/c1-2-31-21(29)12-15-14-33-24(25-15)27-20(28)13-32-23(30)22-16-8-4-3-5-10-18(16)26-19-11-7-6-9-17(19)22/h6-7,9,11,14H,2-5,8,10,12-13H2,1H3,(H,25,27,28). The zero-order valence-corrected chi connectivity index (χ0v) is 19.2. The van der Waals surface area contributed by atoms with Crippen molar-refractivity contribution in [1.82, 2.24) is 9.97 Å². The Balaban J connectivity index is 1.44. The number of carbonyl (C=O) groups excluding carboxylic acids is 3. The molecule has 1 aliphatic carbocycles. The molecule has 0 aliphatic heterocycles. The van der Waals surface area contributed by atoms with E-state index in [2.05, 4.69) is 10.3 Å². The molecule has 3 aromatic rings. The molecule has 2 aromatic heterocycles. The number of nitrogens with one attached hydrogen (secondary N) is 1. The lowest BCUT2D eigenvalue weighted by Crippen LogP contribution is -2.22. The quantitative estimate of drug-likeness (QED) is 0.415. The molecule has 8 nitrogen and oxygen atoms in total. The van der Waals surface area contributed by atoms with Crippen LogP contribution in [-0.2, 0) is 38.3 Å². The van der Waals surface area contributed by atoms with Crippen LogP contribution < -0.4 is 5.32 Å². The number of carbonyl (C=O) groups is 3. The maximum absolute atomic E-state index is 13.1. The molecule has 0 saturated heterocycles. The maximum atomic E-state index is 13.1. The second kappa shape index (κ2) is 10.5. The van der Waals surface area contributed by atoms with Crippen LogP contribution in [0.2, 0.25) is 0 Å². The third kappa shape index (κ3) is 5.54. The van der Waals surface area contributed by atoms with Crippen LogP contribution in [0.1, 0.15) is 53.5 Å². The molecule has 0 atom stereocenters. The molecule has 0 fully saturated rings. The van der Waals surface area contributed by atoms with E-state index in [4.69, 9.17) is 14.5 Å². The molecule has 0 saturated carbocycles. The molecular weight excluding hydrogens is 442 g/mol. The van der Waals surface area contributed by atoms with Gasteiger partial charge in [0.15, 0.2) is 11.7 Å². The van der Waals surface area contributed by atoms with Crippen LogP contribution in [-0.4, -0.2) is 41.0 Å². The smallest absolute Gasteiger partial charge is 0.339 e. The number of hydrogen-bond donors (Lipinski definition) is 1. The summed E-state index contributed by atoms with van der Waals surface area (Å²) in [4.78, 5) is 46.0. The van der Waals surface area contributed by atoms with Gasteiger partial charge in [0, 0.05) is 16.5 Å². The molecule has 1 N–H and O–H groups in total. The van der Waals surface area contributed by atoms with E-state index in [9.17, 15) is 14.4 Å². The highest BCUT2D eigenvalue weighted by atomic mass is 32.1. The summed E-state index contributed by atoms with van der Waals surface area (Å²) in [5, 5.41) is 5.36. The molecule has 33 heavy (non-hydrogen) atoms. The summed E-state index contributed by atoms with van der Waals surface area (Å²) >= 11 is 1.19. The third-order valence-corrected chi connectivity index (χ3v) is 6.19. The van der Waals surface area contributed by atoms with Gasteiger partial charge < -0.3 is 9.47 Å². The normalized spacial score (nSPS) is 13.1. The second-order valence-corrected chi connectivity index (χ2v) is 8.60. The van der Waals surface area contributed by atoms with E-state index >= 15 is 0 Å². The number of anilines is 1. The van der Waals surface area contributed by atoms with Crippen molar-refractivity contribution in [3.8, 4) is 0 Å². The summed E-state index contributed by atoms with van der Waals surface area (Å²) in [5.41, 5.74) is 3.65. The van der Waals surface area contributed by atoms with Gasteiger partial charge in [-0.15, -0.1) is 11.3 Å². The lowest BCUT2D eigenvalue weighted by Gasteiger charge is -2.14. The number of aryl methyl sites for hydroxylation is 1. The summed E-state index contributed by atoms with van der Waals surface area (Å²) in [6.45, 7) is 1.60. The van der Waals surface area contributed by atoms with Crippen molar-refractivity contribution in [3.05, 3.63) is 52.2 Å². The first-order valence-electron chi connectivity index (χ1n) is 11.0. The fourth-order valence-electron chi connectivity index (χ4n) is 3.95. The summed E-state index contributed by atoms with van der Waals surface area (Å²) in [6, 6.07) is 7.52. The van der Waals surface area contributed by atoms with Gasteiger partial charge in [0.1, 0.15) is 0 Å². The Morgan fingerprint density at radius 2 is 1.88 bits per heavy atom. The van der Waals surface area contributed by atoms with Crippen LogP contribution in [0.5, 0.6) is 0 Å². The third-order valence-electron chi connectivity index (χ3n) is 5.39. The minimum Gasteiger partial charge on any atom is -0.466 e. The van der Waals surface area contributed by atoms with Crippen molar-refractivity contribution in [2.75, 3.05) is 18.5 Å². The summed E-state index contributed by atoms with van der Waals surface area (Å²) in [5.74, 6) is -1.40. The van der Waals surface area contributed by atoms with Crippen molar-refractivity contribution < 1.29 is 23.9 Å². The largest absolute Gasteiger partial charge is 0.466 e. The molecule has 0 spiro atoms. The number of rotatable bonds is 7. The number of fused-ring (bicyclic) bond motifs is 2. The van der Waals surface area contributed by atoms with Crippen LogP contribution in [0.25, 0.3) is 10.9 Å². The number of nitrogens with zero attached hydrogens (tertiary/aromatic N) is 2. The van der Waals surface area contributed by atoms with Crippen molar-refractivity contribution in [2.45, 2.75) is 45.4 Å². The number of thiazole rings is 1. The average molecular weight is 468 g/mol. The lowest BCUT2D eigenvalue weighted by molar-refractivity contribution is -0.142. The molecule has 1 aliphatic rings. The molecule has 2 heterocycles. The van der Waals surface area contributed by atoms with Gasteiger partial charge in [0.25, 0.3) is 5.91 Å². The van der Waals surface area contributed by atoms with E-state index in [1.807, 2.05) is 24.3 Å².